The molecule has 0 bridgehead atoms. The van der Waals surface area contributed by atoms with Crippen LogP contribution in [-0.2, 0) is 32.6 Å². The van der Waals surface area contributed by atoms with Gasteiger partial charge in [0.1, 0.15) is 12.6 Å². The average Bonchev–Trinajstić information content (AvgIpc) is 3.02. The number of hydrogen-bond acceptors (Lipinski definition) is 4. The predicted octanol–water partition coefficient (Wildman–Crippen LogP) is 6.51. The highest BCUT2D eigenvalue weighted by Crippen LogP contribution is 2.26. The number of nitrogens with zero attached hydrogens (tertiary/aromatic N) is 2. The van der Waals surface area contributed by atoms with Gasteiger partial charge in [-0.15, -0.1) is 0 Å². The molecule has 44 heavy (non-hydrogen) atoms. The van der Waals surface area contributed by atoms with Crippen molar-refractivity contribution >= 4 is 43.5 Å². The Morgan fingerprint density at radius 2 is 1.48 bits per heavy atom. The van der Waals surface area contributed by atoms with Crippen molar-refractivity contribution < 1.29 is 18.0 Å². The summed E-state index contributed by atoms with van der Waals surface area (Å²) < 4.78 is 30.1. The molecule has 0 saturated carbocycles. The fourth-order valence-electron chi connectivity index (χ4n) is 4.86. The zero-order valence-corrected chi connectivity index (χ0v) is 27.6. The van der Waals surface area contributed by atoms with Gasteiger partial charge < -0.3 is 10.2 Å². The molecule has 0 radical (unpaired) electrons. The van der Waals surface area contributed by atoms with E-state index in [0.29, 0.717) is 5.69 Å². The highest BCUT2D eigenvalue weighted by Gasteiger charge is 2.35. The van der Waals surface area contributed by atoms with Gasteiger partial charge in [0, 0.05) is 23.5 Å². The van der Waals surface area contributed by atoms with Crippen molar-refractivity contribution in [3.63, 3.8) is 0 Å². The van der Waals surface area contributed by atoms with E-state index >= 15 is 0 Å². The molecule has 0 unspecified atom stereocenters. The third-order valence-electron chi connectivity index (χ3n) is 7.41. The standard InChI is InChI=1S/C35H38BrN3O4S/c1-4-27(3)37-35(41)33(23-28-14-7-5-8-15-28)38(24-29-16-12-17-30(36)22-29)34(40)25-39(31-18-11-13-26(2)21-31)44(42,43)32-19-9-6-10-20-32/h5-22,27,33H,4,23-25H2,1-3H3,(H,37,41)/t27-,33+/m0/s1. The van der Waals surface area contributed by atoms with Crippen LogP contribution in [0.3, 0.4) is 0 Å². The first kappa shape index (κ1) is 33.0. The van der Waals surface area contributed by atoms with Crippen LogP contribution in [0.4, 0.5) is 5.69 Å². The van der Waals surface area contributed by atoms with Crippen LogP contribution in [0.15, 0.2) is 119 Å². The third kappa shape index (κ3) is 8.57. The van der Waals surface area contributed by atoms with Crippen molar-refractivity contribution in [3.05, 3.63) is 130 Å². The summed E-state index contributed by atoms with van der Waals surface area (Å²) in [5, 5.41) is 3.06. The highest BCUT2D eigenvalue weighted by molar-refractivity contribution is 9.10. The van der Waals surface area contributed by atoms with E-state index in [1.807, 2.05) is 81.4 Å². The number of aryl methyl sites for hydroxylation is 1. The number of benzene rings is 4. The summed E-state index contributed by atoms with van der Waals surface area (Å²) in [5.74, 6) is -0.786. The van der Waals surface area contributed by atoms with Crippen LogP contribution in [0.25, 0.3) is 0 Å². The van der Waals surface area contributed by atoms with Crippen LogP contribution in [0.5, 0.6) is 0 Å². The fourth-order valence-corrected chi connectivity index (χ4v) is 6.73. The smallest absolute Gasteiger partial charge is 0.264 e. The predicted molar refractivity (Wildman–Crippen MR) is 179 cm³/mol. The van der Waals surface area contributed by atoms with Gasteiger partial charge in [0.25, 0.3) is 10.0 Å². The molecule has 2 atom stereocenters. The number of sulfonamides is 1. The minimum Gasteiger partial charge on any atom is -0.352 e. The minimum absolute atomic E-state index is 0.0724. The van der Waals surface area contributed by atoms with Gasteiger partial charge in [-0.25, -0.2) is 8.42 Å². The van der Waals surface area contributed by atoms with Crippen molar-refractivity contribution in [1.82, 2.24) is 10.2 Å². The summed E-state index contributed by atoms with van der Waals surface area (Å²) in [4.78, 5) is 30.0. The number of rotatable bonds is 13. The Morgan fingerprint density at radius 1 is 0.841 bits per heavy atom. The summed E-state index contributed by atoms with van der Waals surface area (Å²) in [6.45, 7) is 5.39. The first-order valence-corrected chi connectivity index (χ1v) is 16.8. The molecule has 4 aromatic rings. The lowest BCUT2D eigenvalue weighted by atomic mass is 10.0. The van der Waals surface area contributed by atoms with Crippen LogP contribution in [0.1, 0.15) is 37.0 Å². The molecule has 2 amide bonds. The maximum Gasteiger partial charge on any atom is 0.264 e. The molecule has 4 aromatic carbocycles. The number of carbonyl (C=O) groups excluding carboxylic acids is 2. The van der Waals surface area contributed by atoms with E-state index in [0.717, 1.165) is 31.9 Å². The van der Waals surface area contributed by atoms with E-state index < -0.39 is 28.5 Å². The molecule has 0 aliphatic heterocycles. The Morgan fingerprint density at radius 3 is 2.11 bits per heavy atom. The number of carbonyl (C=O) groups is 2. The maximum absolute atomic E-state index is 14.5. The van der Waals surface area contributed by atoms with E-state index in [4.69, 9.17) is 0 Å². The van der Waals surface area contributed by atoms with Gasteiger partial charge in [0.05, 0.1) is 10.6 Å². The van der Waals surface area contributed by atoms with Gasteiger partial charge in [-0.2, -0.15) is 0 Å². The van der Waals surface area contributed by atoms with Crippen molar-refractivity contribution in [3.8, 4) is 0 Å². The summed E-state index contributed by atoms with van der Waals surface area (Å²) in [6, 6.07) is 31.2. The quantitative estimate of drug-likeness (QED) is 0.175. The van der Waals surface area contributed by atoms with Crippen LogP contribution in [0, 0.1) is 6.92 Å². The fraction of sp³-hybridized carbons (Fsp3) is 0.257. The van der Waals surface area contributed by atoms with Crippen LogP contribution in [0.2, 0.25) is 0 Å². The van der Waals surface area contributed by atoms with Crippen LogP contribution in [-0.4, -0.2) is 43.8 Å². The third-order valence-corrected chi connectivity index (χ3v) is 9.70. The molecule has 9 heteroatoms. The molecule has 7 nitrogen and oxygen atoms in total. The minimum atomic E-state index is -4.13. The average molecular weight is 677 g/mol. The van der Waals surface area contributed by atoms with Crippen molar-refractivity contribution in [2.24, 2.45) is 0 Å². The topological polar surface area (TPSA) is 86.8 Å². The van der Waals surface area contributed by atoms with Gasteiger partial charge in [-0.3, -0.25) is 13.9 Å². The second kappa shape index (κ2) is 15.2. The van der Waals surface area contributed by atoms with Gasteiger partial charge in [-0.05, 0) is 73.4 Å². The molecule has 1 N–H and O–H groups in total. The van der Waals surface area contributed by atoms with Crippen LogP contribution >= 0.6 is 15.9 Å². The molecule has 0 heterocycles. The van der Waals surface area contributed by atoms with Gasteiger partial charge in [0.2, 0.25) is 11.8 Å². The van der Waals surface area contributed by atoms with Gasteiger partial charge in [0.15, 0.2) is 0 Å². The molecule has 0 fully saturated rings. The normalized spacial score (nSPS) is 12.6. The van der Waals surface area contributed by atoms with E-state index in [1.54, 1.807) is 36.4 Å². The summed E-state index contributed by atoms with van der Waals surface area (Å²) in [5.41, 5.74) is 2.91. The Bertz CT molecular complexity index is 1670. The van der Waals surface area contributed by atoms with Crippen molar-refractivity contribution in [2.45, 2.75) is 57.1 Å². The first-order valence-electron chi connectivity index (χ1n) is 14.6. The molecule has 230 valence electrons. The zero-order valence-electron chi connectivity index (χ0n) is 25.2. The SMILES string of the molecule is CC[C@H](C)NC(=O)[C@@H](Cc1ccccc1)N(Cc1cccc(Br)c1)C(=O)CN(c1cccc(C)c1)S(=O)(=O)c1ccccc1. The molecule has 0 aliphatic rings. The first-order chi connectivity index (χ1) is 21.1. The monoisotopic (exact) mass is 675 g/mol. The second-order valence-corrected chi connectivity index (χ2v) is 13.6. The lowest BCUT2D eigenvalue weighted by Gasteiger charge is -2.34. The van der Waals surface area contributed by atoms with Gasteiger partial charge >= 0.3 is 0 Å². The number of amides is 2. The molecule has 4 rings (SSSR count). The Kier molecular flexibility index (Phi) is 11.4. The Balaban J connectivity index is 1.80. The lowest BCUT2D eigenvalue weighted by molar-refractivity contribution is -0.140. The maximum atomic E-state index is 14.5. The number of nitrogens with one attached hydrogen (secondary N) is 1. The van der Waals surface area contributed by atoms with E-state index in [2.05, 4.69) is 21.2 Å². The Hall–Kier alpha value is -3.95. The Labute approximate surface area is 269 Å². The molecule has 0 aromatic heterocycles. The second-order valence-electron chi connectivity index (χ2n) is 10.8. The van der Waals surface area contributed by atoms with Crippen molar-refractivity contribution in [2.75, 3.05) is 10.8 Å². The van der Waals surface area contributed by atoms with E-state index in [-0.39, 0.29) is 29.8 Å². The molecule has 0 saturated heterocycles. The molecular formula is C35H38BrN3O4S. The zero-order chi connectivity index (χ0) is 31.7. The summed E-state index contributed by atoms with van der Waals surface area (Å²) in [7, 11) is -4.13. The lowest BCUT2D eigenvalue weighted by Crippen LogP contribution is -2.54. The summed E-state index contributed by atoms with van der Waals surface area (Å²) in [6.07, 6.45) is 0.985. The molecule has 0 aliphatic carbocycles. The van der Waals surface area contributed by atoms with Crippen LogP contribution < -0.4 is 9.62 Å². The largest absolute Gasteiger partial charge is 0.352 e. The summed E-state index contributed by atoms with van der Waals surface area (Å²) >= 11 is 3.51. The van der Waals surface area contributed by atoms with Gasteiger partial charge in [-0.1, -0.05) is 95.7 Å². The molecular weight excluding hydrogens is 638 g/mol. The van der Waals surface area contributed by atoms with E-state index in [9.17, 15) is 18.0 Å². The number of anilines is 1. The van der Waals surface area contributed by atoms with Crippen molar-refractivity contribution in [1.29, 1.82) is 0 Å². The van der Waals surface area contributed by atoms with E-state index in [1.165, 1.54) is 17.0 Å². The molecule has 0 spiro atoms. The number of halogens is 1. The highest BCUT2D eigenvalue weighted by atomic mass is 79.9. The number of hydrogen-bond donors (Lipinski definition) is 1.